The summed E-state index contributed by atoms with van der Waals surface area (Å²) in [7, 11) is -1.43. The van der Waals surface area contributed by atoms with Crippen LogP contribution in [0.25, 0.3) is 0 Å². The van der Waals surface area contributed by atoms with E-state index in [9.17, 15) is 8.42 Å². The van der Waals surface area contributed by atoms with Crippen molar-refractivity contribution in [1.82, 2.24) is 15.1 Å². The quantitative estimate of drug-likeness (QED) is 0.903. The molecule has 0 unspecified atom stereocenters. The molecular weight excluding hydrogens is 322 g/mol. The second-order valence-electron chi connectivity index (χ2n) is 6.69. The van der Waals surface area contributed by atoms with E-state index >= 15 is 0 Å². The molecule has 0 bridgehead atoms. The fourth-order valence-electron chi connectivity index (χ4n) is 3.42. The van der Waals surface area contributed by atoms with Crippen LogP contribution in [0.5, 0.6) is 0 Å². The molecule has 1 fully saturated rings. The fourth-order valence-corrected chi connectivity index (χ4v) is 5.42. The summed E-state index contributed by atoms with van der Waals surface area (Å²) in [4.78, 5) is 0.438. The summed E-state index contributed by atoms with van der Waals surface area (Å²) in [5.41, 5.74) is 2.15. The molecule has 1 aliphatic rings. The number of aryl methyl sites for hydroxylation is 2. The lowest BCUT2D eigenvalue weighted by molar-refractivity contribution is 0.369. The molecule has 0 spiro atoms. The van der Waals surface area contributed by atoms with E-state index in [1.165, 1.54) is 0 Å². The molecule has 3 rings (SSSR count). The van der Waals surface area contributed by atoms with Gasteiger partial charge < -0.3 is 5.32 Å². The maximum Gasteiger partial charge on any atom is 0.182 e. The summed E-state index contributed by atoms with van der Waals surface area (Å²) in [5, 5.41) is 7.26. The minimum atomic E-state index is -3.31. The van der Waals surface area contributed by atoms with Crippen molar-refractivity contribution in [2.45, 2.75) is 55.3 Å². The third-order valence-electron chi connectivity index (χ3n) is 4.78. The molecule has 0 radical (unpaired) electrons. The SMILES string of the molecule is Cc1ccc(S(=O)(=O)[C@H]2CCCC[C@@H]2NCc2cnn(C)c2)cc1. The first-order valence-electron chi connectivity index (χ1n) is 8.48. The molecule has 5 nitrogen and oxygen atoms in total. The summed E-state index contributed by atoms with van der Waals surface area (Å²) in [6.45, 7) is 2.62. The molecular formula is C18H25N3O2S. The third-order valence-corrected chi connectivity index (χ3v) is 7.07. The minimum absolute atomic E-state index is 0.00902. The molecule has 2 aromatic rings. The van der Waals surface area contributed by atoms with Gasteiger partial charge in [0.2, 0.25) is 0 Å². The van der Waals surface area contributed by atoms with Crippen molar-refractivity contribution in [2.24, 2.45) is 7.05 Å². The number of nitrogens with zero attached hydrogens (tertiary/aromatic N) is 2. The molecule has 1 heterocycles. The predicted octanol–water partition coefficient (Wildman–Crippen LogP) is 2.60. The van der Waals surface area contributed by atoms with E-state index in [2.05, 4.69) is 10.4 Å². The van der Waals surface area contributed by atoms with Crippen molar-refractivity contribution in [2.75, 3.05) is 0 Å². The Kier molecular flexibility index (Phi) is 5.06. The lowest BCUT2D eigenvalue weighted by Gasteiger charge is -2.32. The van der Waals surface area contributed by atoms with Crippen molar-refractivity contribution in [3.05, 3.63) is 47.8 Å². The number of hydrogen-bond donors (Lipinski definition) is 1. The van der Waals surface area contributed by atoms with E-state index in [1.54, 1.807) is 16.8 Å². The van der Waals surface area contributed by atoms with E-state index in [0.29, 0.717) is 11.4 Å². The highest BCUT2D eigenvalue weighted by atomic mass is 32.2. The van der Waals surface area contributed by atoms with Gasteiger partial charge in [0, 0.05) is 31.4 Å². The zero-order chi connectivity index (χ0) is 17.2. The summed E-state index contributed by atoms with van der Waals surface area (Å²) >= 11 is 0. The van der Waals surface area contributed by atoms with Gasteiger partial charge in [-0.3, -0.25) is 4.68 Å². The van der Waals surface area contributed by atoms with E-state index in [-0.39, 0.29) is 11.3 Å². The van der Waals surface area contributed by atoms with Crippen molar-refractivity contribution in [3.63, 3.8) is 0 Å². The number of benzene rings is 1. The molecule has 0 amide bonds. The van der Waals surface area contributed by atoms with Crippen LogP contribution in [0.3, 0.4) is 0 Å². The van der Waals surface area contributed by atoms with Gasteiger partial charge in [0.25, 0.3) is 0 Å². The van der Waals surface area contributed by atoms with Gasteiger partial charge in [-0.05, 0) is 31.9 Å². The van der Waals surface area contributed by atoms with Crippen molar-refractivity contribution < 1.29 is 8.42 Å². The molecule has 1 saturated carbocycles. The van der Waals surface area contributed by atoms with E-state index in [0.717, 1.165) is 36.8 Å². The summed E-state index contributed by atoms with van der Waals surface area (Å²) in [6, 6.07) is 7.20. The lowest BCUT2D eigenvalue weighted by Crippen LogP contribution is -2.46. The lowest BCUT2D eigenvalue weighted by atomic mass is 9.95. The van der Waals surface area contributed by atoms with Crippen LogP contribution < -0.4 is 5.32 Å². The van der Waals surface area contributed by atoms with Crippen LogP contribution in [-0.4, -0.2) is 29.5 Å². The smallest absolute Gasteiger partial charge is 0.182 e. The van der Waals surface area contributed by atoms with Crippen molar-refractivity contribution in [1.29, 1.82) is 0 Å². The van der Waals surface area contributed by atoms with Gasteiger partial charge in [-0.15, -0.1) is 0 Å². The van der Waals surface area contributed by atoms with Crippen molar-refractivity contribution in [3.8, 4) is 0 Å². The Labute approximate surface area is 144 Å². The van der Waals surface area contributed by atoms with Crippen LogP contribution in [-0.2, 0) is 23.4 Å². The van der Waals surface area contributed by atoms with Gasteiger partial charge >= 0.3 is 0 Å². The van der Waals surface area contributed by atoms with Gasteiger partial charge in [-0.1, -0.05) is 30.5 Å². The highest BCUT2D eigenvalue weighted by molar-refractivity contribution is 7.92. The molecule has 1 aromatic heterocycles. The topological polar surface area (TPSA) is 64.0 Å². The van der Waals surface area contributed by atoms with Gasteiger partial charge in [0.15, 0.2) is 9.84 Å². The molecule has 24 heavy (non-hydrogen) atoms. The third kappa shape index (κ3) is 3.70. The average molecular weight is 347 g/mol. The maximum atomic E-state index is 13.1. The largest absolute Gasteiger partial charge is 0.309 e. The summed E-state index contributed by atoms with van der Waals surface area (Å²) in [5.74, 6) is 0. The van der Waals surface area contributed by atoms with Crippen LogP contribution in [0.4, 0.5) is 0 Å². The Balaban J connectivity index is 1.76. The van der Waals surface area contributed by atoms with Gasteiger partial charge in [0.1, 0.15) is 0 Å². The maximum absolute atomic E-state index is 13.1. The Morgan fingerprint density at radius 1 is 1.21 bits per heavy atom. The van der Waals surface area contributed by atoms with Crippen LogP contribution >= 0.6 is 0 Å². The number of sulfone groups is 1. The Morgan fingerprint density at radius 2 is 1.92 bits per heavy atom. The fraction of sp³-hybridized carbons (Fsp3) is 0.500. The Hall–Kier alpha value is -1.66. The molecule has 1 aromatic carbocycles. The normalized spacial score (nSPS) is 21.8. The minimum Gasteiger partial charge on any atom is -0.309 e. The van der Waals surface area contributed by atoms with Crippen LogP contribution in [0.2, 0.25) is 0 Å². The molecule has 0 saturated heterocycles. The zero-order valence-corrected chi connectivity index (χ0v) is 15.1. The van der Waals surface area contributed by atoms with E-state index in [1.807, 2.05) is 38.5 Å². The van der Waals surface area contributed by atoms with Crippen LogP contribution in [0.15, 0.2) is 41.6 Å². The second kappa shape index (κ2) is 7.07. The van der Waals surface area contributed by atoms with Gasteiger partial charge in [-0.2, -0.15) is 5.10 Å². The molecule has 1 N–H and O–H groups in total. The molecule has 1 aliphatic carbocycles. The number of aromatic nitrogens is 2. The first kappa shape index (κ1) is 17.2. The zero-order valence-electron chi connectivity index (χ0n) is 14.3. The van der Waals surface area contributed by atoms with Crippen molar-refractivity contribution >= 4 is 9.84 Å². The number of rotatable bonds is 5. The molecule has 0 aliphatic heterocycles. The molecule has 130 valence electrons. The van der Waals surface area contributed by atoms with Gasteiger partial charge in [-0.25, -0.2) is 8.42 Å². The second-order valence-corrected chi connectivity index (χ2v) is 8.86. The highest BCUT2D eigenvalue weighted by Gasteiger charge is 2.36. The van der Waals surface area contributed by atoms with Crippen LogP contribution in [0.1, 0.15) is 36.8 Å². The van der Waals surface area contributed by atoms with Gasteiger partial charge in [0.05, 0.1) is 16.3 Å². The Bertz CT molecular complexity index is 781. The monoisotopic (exact) mass is 347 g/mol. The summed E-state index contributed by atoms with van der Waals surface area (Å²) in [6.07, 6.45) is 7.45. The van der Waals surface area contributed by atoms with E-state index < -0.39 is 9.84 Å². The van der Waals surface area contributed by atoms with Crippen LogP contribution in [0, 0.1) is 6.92 Å². The highest BCUT2D eigenvalue weighted by Crippen LogP contribution is 2.29. The predicted molar refractivity (Wildman–Crippen MR) is 94.5 cm³/mol. The average Bonchev–Trinajstić information content (AvgIpc) is 2.99. The number of nitrogens with one attached hydrogen (secondary N) is 1. The molecule has 6 heteroatoms. The first-order valence-corrected chi connectivity index (χ1v) is 10.0. The standard InChI is InChI=1S/C18H25N3O2S/c1-14-7-9-16(10-8-14)24(22,23)18-6-4-3-5-17(18)19-11-15-12-20-21(2)13-15/h7-10,12-13,17-19H,3-6,11H2,1-2H3/t17-,18-/m0/s1. The van der Waals surface area contributed by atoms with E-state index in [4.69, 9.17) is 0 Å². The summed E-state index contributed by atoms with van der Waals surface area (Å²) < 4.78 is 27.9. The number of hydrogen-bond acceptors (Lipinski definition) is 4. The first-order chi connectivity index (χ1) is 11.5. The molecule has 2 atom stereocenters. The Morgan fingerprint density at radius 3 is 2.58 bits per heavy atom.